The smallest absolute Gasteiger partial charge is 0.324 e. The molecule has 0 amide bonds. The Morgan fingerprint density at radius 2 is 1.70 bits per heavy atom. The number of hydrogen-bond donors (Lipinski definition) is 2. The molecule has 0 radical (unpaired) electrons. The molecule has 1 aromatic rings. The van der Waals surface area contributed by atoms with Gasteiger partial charge in [-0.3, -0.25) is 0 Å². The molecule has 0 aliphatic rings. The van der Waals surface area contributed by atoms with Crippen molar-refractivity contribution in [2.45, 2.75) is 30.5 Å². The van der Waals surface area contributed by atoms with Crippen molar-refractivity contribution in [3.63, 3.8) is 0 Å². The number of rotatable bonds is 4. The monoisotopic (exact) mass is 332 g/mol. The van der Waals surface area contributed by atoms with Crippen molar-refractivity contribution in [2.75, 3.05) is 6.54 Å². The van der Waals surface area contributed by atoms with Crippen LogP contribution in [0, 0.1) is 0 Å². The number of nitrogens with two attached hydrogens (primary N) is 1. The van der Waals surface area contributed by atoms with E-state index in [1.165, 1.54) is 6.07 Å². The fourth-order valence-corrected chi connectivity index (χ4v) is 2.74. The van der Waals surface area contributed by atoms with Crippen LogP contribution >= 0.6 is 12.4 Å². The second-order valence-corrected chi connectivity index (χ2v) is 6.54. The molecule has 0 saturated heterocycles. The molecule has 4 nitrogen and oxygen atoms in total. The molecule has 20 heavy (non-hydrogen) atoms. The zero-order valence-electron chi connectivity index (χ0n) is 10.9. The summed E-state index contributed by atoms with van der Waals surface area (Å²) < 4.78 is 64.0. The Bertz CT molecular complexity index is 554. The van der Waals surface area contributed by atoms with Gasteiger partial charge in [-0.1, -0.05) is 12.1 Å². The molecule has 9 heteroatoms. The molecule has 0 aliphatic heterocycles. The molecular formula is C11H16ClF3N2O2S. The standard InChI is InChI=1S/C11H15F3N2O2S.ClH/c1-10(2,15)7-16-19(17,18)9-6-4-3-5-8(9)11(12,13)14;/h3-6,16H,7,15H2,1-2H3;1H. The minimum absolute atomic E-state index is 0. The molecule has 0 heterocycles. The van der Waals surface area contributed by atoms with Crippen molar-refractivity contribution in [2.24, 2.45) is 5.73 Å². The highest BCUT2D eigenvalue weighted by atomic mass is 35.5. The highest BCUT2D eigenvalue weighted by molar-refractivity contribution is 7.89. The Morgan fingerprint density at radius 3 is 2.15 bits per heavy atom. The van der Waals surface area contributed by atoms with Crippen molar-refractivity contribution >= 4 is 22.4 Å². The van der Waals surface area contributed by atoms with Gasteiger partial charge in [0.05, 0.1) is 10.5 Å². The van der Waals surface area contributed by atoms with Crippen molar-refractivity contribution in [3.05, 3.63) is 29.8 Å². The summed E-state index contributed by atoms with van der Waals surface area (Å²) in [4.78, 5) is -0.799. The molecule has 0 saturated carbocycles. The molecule has 0 bridgehead atoms. The molecule has 0 spiro atoms. The molecule has 1 aromatic carbocycles. The van der Waals surface area contributed by atoms with Gasteiger partial charge in [0.15, 0.2) is 0 Å². The summed E-state index contributed by atoms with van der Waals surface area (Å²) in [5.74, 6) is 0. The number of hydrogen-bond acceptors (Lipinski definition) is 3. The Labute approximate surface area is 122 Å². The quantitative estimate of drug-likeness (QED) is 0.887. The molecule has 0 aliphatic carbocycles. The van der Waals surface area contributed by atoms with E-state index < -0.39 is 32.2 Å². The average molecular weight is 333 g/mol. The summed E-state index contributed by atoms with van der Waals surface area (Å²) in [6.07, 6.45) is -4.73. The van der Waals surface area contributed by atoms with Gasteiger partial charge >= 0.3 is 6.18 Å². The molecule has 116 valence electrons. The lowest BCUT2D eigenvalue weighted by Crippen LogP contribution is -2.45. The normalized spacial score (nSPS) is 12.9. The van der Waals surface area contributed by atoms with Crippen LogP contribution in [-0.2, 0) is 16.2 Å². The highest BCUT2D eigenvalue weighted by Crippen LogP contribution is 2.33. The summed E-state index contributed by atoms with van der Waals surface area (Å²) in [6, 6.07) is 4.00. The van der Waals surface area contributed by atoms with Crippen LogP contribution in [0.15, 0.2) is 29.2 Å². The number of nitrogens with one attached hydrogen (secondary N) is 1. The van der Waals surface area contributed by atoms with Gasteiger partial charge < -0.3 is 5.73 Å². The van der Waals surface area contributed by atoms with Gasteiger partial charge in [-0.2, -0.15) is 13.2 Å². The van der Waals surface area contributed by atoms with Crippen LogP contribution in [0.5, 0.6) is 0 Å². The summed E-state index contributed by atoms with van der Waals surface area (Å²) >= 11 is 0. The van der Waals surface area contributed by atoms with E-state index in [0.717, 1.165) is 18.2 Å². The lowest BCUT2D eigenvalue weighted by molar-refractivity contribution is -0.139. The van der Waals surface area contributed by atoms with Crippen LogP contribution in [0.2, 0.25) is 0 Å². The van der Waals surface area contributed by atoms with Crippen molar-refractivity contribution in [3.8, 4) is 0 Å². The lowest BCUT2D eigenvalue weighted by atomic mass is 10.1. The fraction of sp³-hybridized carbons (Fsp3) is 0.455. The zero-order valence-corrected chi connectivity index (χ0v) is 12.5. The van der Waals surface area contributed by atoms with Crippen LogP contribution in [0.4, 0.5) is 13.2 Å². The van der Waals surface area contributed by atoms with E-state index in [1.807, 2.05) is 0 Å². The van der Waals surface area contributed by atoms with Crippen LogP contribution < -0.4 is 10.5 Å². The number of halogens is 4. The summed E-state index contributed by atoms with van der Waals surface area (Å²) in [7, 11) is -4.26. The molecule has 0 fully saturated rings. The maximum atomic E-state index is 12.7. The molecule has 3 N–H and O–H groups in total. The third kappa shape index (κ3) is 5.28. The highest BCUT2D eigenvalue weighted by Gasteiger charge is 2.36. The van der Waals surface area contributed by atoms with Gasteiger partial charge in [-0.25, -0.2) is 13.1 Å². The topological polar surface area (TPSA) is 72.2 Å². The average Bonchev–Trinajstić information content (AvgIpc) is 2.25. The van der Waals surface area contributed by atoms with E-state index in [1.54, 1.807) is 13.8 Å². The summed E-state index contributed by atoms with van der Waals surface area (Å²) in [5, 5.41) is 0. The summed E-state index contributed by atoms with van der Waals surface area (Å²) in [6.45, 7) is 2.96. The van der Waals surface area contributed by atoms with Gasteiger partial charge in [-0.05, 0) is 26.0 Å². The second kappa shape index (κ2) is 6.30. The van der Waals surface area contributed by atoms with Crippen LogP contribution in [0.1, 0.15) is 19.4 Å². The van der Waals surface area contributed by atoms with E-state index in [9.17, 15) is 21.6 Å². The van der Waals surface area contributed by atoms with Gasteiger partial charge in [0, 0.05) is 12.1 Å². The van der Waals surface area contributed by atoms with Crippen molar-refractivity contribution in [1.82, 2.24) is 4.72 Å². The fourth-order valence-electron chi connectivity index (χ4n) is 1.29. The zero-order chi connectivity index (χ0) is 14.9. The van der Waals surface area contributed by atoms with Crippen molar-refractivity contribution < 1.29 is 21.6 Å². The van der Waals surface area contributed by atoms with Crippen molar-refractivity contribution in [1.29, 1.82) is 0 Å². The van der Waals surface area contributed by atoms with E-state index in [2.05, 4.69) is 4.72 Å². The van der Waals surface area contributed by atoms with E-state index in [0.29, 0.717) is 0 Å². The number of sulfonamides is 1. The predicted octanol–water partition coefficient (Wildman–Crippen LogP) is 2.14. The van der Waals surface area contributed by atoms with Crippen LogP contribution in [-0.4, -0.2) is 20.5 Å². The molecule has 1 rings (SSSR count). The van der Waals surface area contributed by atoms with Gasteiger partial charge in [0.25, 0.3) is 0 Å². The SMILES string of the molecule is CC(C)(N)CNS(=O)(=O)c1ccccc1C(F)(F)F.Cl. The van der Waals surface area contributed by atoms with Crippen LogP contribution in [0.25, 0.3) is 0 Å². The molecule has 0 aromatic heterocycles. The number of benzene rings is 1. The maximum absolute atomic E-state index is 12.7. The third-order valence-electron chi connectivity index (χ3n) is 2.20. The molecule has 0 atom stereocenters. The number of alkyl halides is 3. The third-order valence-corrected chi connectivity index (χ3v) is 3.66. The Balaban J connectivity index is 0.00000361. The van der Waals surface area contributed by atoms with Gasteiger partial charge in [0.1, 0.15) is 0 Å². The largest absolute Gasteiger partial charge is 0.417 e. The van der Waals surface area contributed by atoms with E-state index in [-0.39, 0.29) is 19.0 Å². The second-order valence-electron chi connectivity index (χ2n) is 4.81. The first-order valence-corrected chi connectivity index (χ1v) is 6.86. The Hall–Kier alpha value is -0.830. The minimum Gasteiger partial charge on any atom is -0.324 e. The lowest BCUT2D eigenvalue weighted by Gasteiger charge is -2.20. The summed E-state index contributed by atoms with van der Waals surface area (Å²) in [5.41, 5.74) is 3.54. The Morgan fingerprint density at radius 1 is 1.20 bits per heavy atom. The van der Waals surface area contributed by atoms with E-state index in [4.69, 9.17) is 5.73 Å². The van der Waals surface area contributed by atoms with E-state index >= 15 is 0 Å². The first-order valence-electron chi connectivity index (χ1n) is 5.38. The molecular weight excluding hydrogens is 317 g/mol. The van der Waals surface area contributed by atoms with Gasteiger partial charge in [0.2, 0.25) is 10.0 Å². The van der Waals surface area contributed by atoms with Gasteiger partial charge in [-0.15, -0.1) is 12.4 Å². The predicted molar refractivity (Wildman–Crippen MR) is 72.1 cm³/mol. The maximum Gasteiger partial charge on any atom is 0.417 e. The Kier molecular flexibility index (Phi) is 6.03. The minimum atomic E-state index is -4.73. The van der Waals surface area contributed by atoms with Crippen LogP contribution in [0.3, 0.4) is 0 Å². The first-order chi connectivity index (χ1) is 8.43. The first kappa shape index (κ1) is 19.2. The molecule has 0 unspecified atom stereocenters.